The molecular weight excluding hydrogens is 364 g/mol. The molecule has 27 heavy (non-hydrogen) atoms. The Morgan fingerprint density at radius 2 is 1.56 bits per heavy atom. The van der Waals surface area contributed by atoms with Gasteiger partial charge in [0.15, 0.2) is 9.84 Å². The smallest absolute Gasteiger partial charge is 0.223 e. The van der Waals surface area contributed by atoms with Gasteiger partial charge >= 0.3 is 0 Å². The first kappa shape index (κ1) is 19.9. The maximum Gasteiger partial charge on any atom is 0.223 e. The fourth-order valence-corrected chi connectivity index (χ4v) is 5.68. The van der Waals surface area contributed by atoms with E-state index in [1.807, 2.05) is 37.3 Å². The van der Waals surface area contributed by atoms with E-state index in [1.54, 1.807) is 0 Å². The number of carbonyl (C=O) groups excluding carboxylic acids is 2. The molecule has 0 spiro atoms. The van der Waals surface area contributed by atoms with Gasteiger partial charge in [0, 0.05) is 17.9 Å². The third kappa shape index (κ3) is 5.31. The molecule has 2 fully saturated rings. The lowest BCUT2D eigenvalue weighted by atomic mass is 9.81. The fraction of sp³-hybridized carbons (Fsp3) is 0.600. The fourth-order valence-electron chi connectivity index (χ4n) is 4.00. The quantitative estimate of drug-likeness (QED) is 0.801. The average molecular weight is 393 g/mol. The Hall–Kier alpha value is -1.89. The van der Waals surface area contributed by atoms with Crippen molar-refractivity contribution in [1.82, 2.24) is 10.6 Å². The molecule has 148 valence electrons. The molecule has 6 nitrogen and oxygen atoms in total. The molecule has 1 aromatic rings. The van der Waals surface area contributed by atoms with Crippen molar-refractivity contribution in [2.45, 2.75) is 51.1 Å². The zero-order valence-electron chi connectivity index (χ0n) is 15.7. The molecule has 2 unspecified atom stereocenters. The van der Waals surface area contributed by atoms with Crippen molar-refractivity contribution in [3.63, 3.8) is 0 Å². The number of amides is 2. The summed E-state index contributed by atoms with van der Waals surface area (Å²) in [5, 5.41) is 5.95. The van der Waals surface area contributed by atoms with Gasteiger partial charge in [-0.2, -0.15) is 0 Å². The Bertz CT molecular complexity index is 770. The summed E-state index contributed by atoms with van der Waals surface area (Å²) in [6.45, 7) is 1.97. The zero-order chi connectivity index (χ0) is 19.4. The summed E-state index contributed by atoms with van der Waals surface area (Å²) in [6.07, 6.45) is 3.22. The van der Waals surface area contributed by atoms with Gasteiger partial charge in [-0.05, 0) is 44.6 Å². The topological polar surface area (TPSA) is 92.3 Å². The highest BCUT2D eigenvalue weighted by Crippen LogP contribution is 2.30. The highest BCUT2D eigenvalue weighted by molar-refractivity contribution is 7.91. The molecule has 1 aliphatic carbocycles. The highest BCUT2D eigenvalue weighted by atomic mass is 32.2. The molecule has 1 saturated carbocycles. The van der Waals surface area contributed by atoms with Crippen LogP contribution >= 0.6 is 0 Å². The van der Waals surface area contributed by atoms with Gasteiger partial charge in [0.1, 0.15) is 0 Å². The molecule has 1 saturated heterocycles. The van der Waals surface area contributed by atoms with E-state index in [0.29, 0.717) is 32.1 Å². The Balaban J connectivity index is 1.44. The first-order chi connectivity index (χ1) is 12.8. The molecule has 1 heterocycles. The number of sulfone groups is 1. The van der Waals surface area contributed by atoms with Crippen LogP contribution in [0.5, 0.6) is 0 Å². The van der Waals surface area contributed by atoms with E-state index in [-0.39, 0.29) is 47.2 Å². The monoisotopic (exact) mass is 392 g/mol. The van der Waals surface area contributed by atoms with Gasteiger partial charge in [0.25, 0.3) is 0 Å². The van der Waals surface area contributed by atoms with E-state index in [1.165, 1.54) is 0 Å². The number of hydrogen-bond acceptors (Lipinski definition) is 4. The molecular formula is C20H28N2O4S. The van der Waals surface area contributed by atoms with E-state index >= 15 is 0 Å². The lowest BCUT2D eigenvalue weighted by Gasteiger charge is -2.28. The van der Waals surface area contributed by atoms with Crippen LogP contribution < -0.4 is 10.6 Å². The van der Waals surface area contributed by atoms with Gasteiger partial charge in [-0.25, -0.2) is 8.42 Å². The lowest BCUT2D eigenvalue weighted by Crippen LogP contribution is -2.42. The Morgan fingerprint density at radius 1 is 0.963 bits per heavy atom. The van der Waals surface area contributed by atoms with Crippen LogP contribution in [0.1, 0.15) is 50.6 Å². The molecule has 2 atom stereocenters. The number of nitrogens with one attached hydrogen (secondary N) is 2. The summed E-state index contributed by atoms with van der Waals surface area (Å²) < 4.78 is 23.0. The minimum Gasteiger partial charge on any atom is -0.352 e. The Labute approximate surface area is 161 Å². The SMILES string of the molecule is CC(NC(=O)C1CCC(C(=O)NC2CCS(=O)(=O)C2)CC1)c1ccccc1. The Kier molecular flexibility index (Phi) is 6.19. The van der Waals surface area contributed by atoms with E-state index in [0.717, 1.165) is 5.56 Å². The third-order valence-corrected chi connectivity index (χ3v) is 7.47. The molecule has 7 heteroatoms. The van der Waals surface area contributed by atoms with Crippen LogP contribution in [0.2, 0.25) is 0 Å². The molecule has 0 radical (unpaired) electrons. The van der Waals surface area contributed by atoms with Crippen LogP contribution in [0.4, 0.5) is 0 Å². The third-order valence-electron chi connectivity index (χ3n) is 5.71. The molecule has 2 amide bonds. The van der Waals surface area contributed by atoms with E-state index in [2.05, 4.69) is 10.6 Å². The molecule has 1 aliphatic heterocycles. The highest BCUT2D eigenvalue weighted by Gasteiger charge is 2.34. The summed E-state index contributed by atoms with van der Waals surface area (Å²) in [5.74, 6) is 0.00915. The second-order valence-electron chi connectivity index (χ2n) is 7.80. The zero-order valence-corrected chi connectivity index (χ0v) is 16.5. The number of rotatable bonds is 5. The maximum atomic E-state index is 12.5. The van der Waals surface area contributed by atoms with Crippen molar-refractivity contribution < 1.29 is 18.0 Å². The van der Waals surface area contributed by atoms with Gasteiger partial charge in [0.05, 0.1) is 17.5 Å². The first-order valence-corrected chi connectivity index (χ1v) is 11.5. The van der Waals surface area contributed by atoms with Crippen molar-refractivity contribution in [3.8, 4) is 0 Å². The van der Waals surface area contributed by atoms with Crippen LogP contribution in [0.3, 0.4) is 0 Å². The summed E-state index contributed by atoms with van der Waals surface area (Å²) >= 11 is 0. The van der Waals surface area contributed by atoms with Crippen molar-refractivity contribution in [3.05, 3.63) is 35.9 Å². The van der Waals surface area contributed by atoms with Gasteiger partial charge in [-0.3, -0.25) is 9.59 Å². The van der Waals surface area contributed by atoms with Crippen molar-refractivity contribution in [2.75, 3.05) is 11.5 Å². The van der Waals surface area contributed by atoms with Crippen LogP contribution in [0, 0.1) is 11.8 Å². The van der Waals surface area contributed by atoms with E-state index in [9.17, 15) is 18.0 Å². The number of benzene rings is 1. The van der Waals surface area contributed by atoms with Gasteiger partial charge in [0.2, 0.25) is 11.8 Å². The second kappa shape index (κ2) is 8.42. The average Bonchev–Trinajstić information content (AvgIpc) is 3.00. The minimum absolute atomic E-state index is 0.0379. The minimum atomic E-state index is -2.99. The van der Waals surface area contributed by atoms with Gasteiger partial charge < -0.3 is 10.6 Å². The van der Waals surface area contributed by atoms with Crippen molar-refractivity contribution >= 4 is 21.7 Å². The van der Waals surface area contributed by atoms with Crippen molar-refractivity contribution in [1.29, 1.82) is 0 Å². The van der Waals surface area contributed by atoms with Gasteiger partial charge in [-0.15, -0.1) is 0 Å². The molecule has 3 rings (SSSR count). The maximum absolute atomic E-state index is 12.5. The van der Waals surface area contributed by atoms with Crippen molar-refractivity contribution in [2.24, 2.45) is 11.8 Å². The van der Waals surface area contributed by atoms with E-state index < -0.39 is 9.84 Å². The number of carbonyl (C=O) groups is 2. The Morgan fingerprint density at radius 3 is 2.11 bits per heavy atom. The normalized spacial score (nSPS) is 28.3. The largest absolute Gasteiger partial charge is 0.352 e. The summed E-state index contributed by atoms with van der Waals surface area (Å²) in [6, 6.07) is 9.56. The van der Waals surface area contributed by atoms with Gasteiger partial charge in [-0.1, -0.05) is 30.3 Å². The predicted molar refractivity (Wildman–Crippen MR) is 104 cm³/mol. The molecule has 0 aromatic heterocycles. The van der Waals surface area contributed by atoms with Crippen LogP contribution in [-0.4, -0.2) is 37.8 Å². The summed E-state index contributed by atoms with van der Waals surface area (Å²) in [5.41, 5.74) is 1.07. The van der Waals surface area contributed by atoms with E-state index in [4.69, 9.17) is 0 Å². The number of hydrogen-bond donors (Lipinski definition) is 2. The van der Waals surface area contributed by atoms with Crippen LogP contribution in [0.25, 0.3) is 0 Å². The summed E-state index contributed by atoms with van der Waals surface area (Å²) in [4.78, 5) is 24.9. The molecule has 2 N–H and O–H groups in total. The first-order valence-electron chi connectivity index (χ1n) is 9.70. The lowest BCUT2D eigenvalue weighted by molar-refractivity contribution is -0.131. The molecule has 2 aliphatic rings. The van der Waals surface area contributed by atoms with Crippen LogP contribution in [-0.2, 0) is 19.4 Å². The molecule has 0 bridgehead atoms. The summed E-state index contributed by atoms with van der Waals surface area (Å²) in [7, 11) is -2.99. The van der Waals surface area contributed by atoms with Crippen LogP contribution in [0.15, 0.2) is 30.3 Å². The standard InChI is InChI=1S/C20H28N2O4S/c1-14(15-5-3-2-4-6-15)21-19(23)16-7-9-17(10-8-16)20(24)22-18-11-12-27(25,26)13-18/h2-6,14,16-18H,7-13H2,1H3,(H,21,23)(H,22,24). The molecule has 1 aromatic carbocycles. The second-order valence-corrected chi connectivity index (χ2v) is 10.0. The predicted octanol–water partition coefficient (Wildman–Crippen LogP) is 1.97.